The number of hydrogen-bond donors (Lipinski definition) is 2. The van der Waals surface area contributed by atoms with Crippen LogP contribution < -0.4 is 20.3 Å². The van der Waals surface area contributed by atoms with Gasteiger partial charge in [0.2, 0.25) is 17.7 Å². The average molecular weight is 611 g/mol. The van der Waals surface area contributed by atoms with Gasteiger partial charge in [-0.15, -0.1) is 10.2 Å². The van der Waals surface area contributed by atoms with Crippen LogP contribution in [-0.2, 0) is 11.8 Å². The zero-order valence-electron chi connectivity index (χ0n) is 30.2. The summed E-state index contributed by atoms with van der Waals surface area (Å²) in [5.41, 5.74) is 3.34. The van der Waals surface area contributed by atoms with Crippen LogP contribution >= 0.6 is 0 Å². The number of anilines is 4. The van der Waals surface area contributed by atoms with Gasteiger partial charge in [0.15, 0.2) is 0 Å². The van der Waals surface area contributed by atoms with E-state index in [4.69, 9.17) is 21.0 Å². The normalized spacial score (nSPS) is 20.7. The van der Waals surface area contributed by atoms with Crippen molar-refractivity contribution in [3.8, 4) is 28.5 Å². The van der Waals surface area contributed by atoms with Crippen molar-refractivity contribution in [1.82, 2.24) is 29.6 Å². The molecule has 2 atom stereocenters. The second-order valence-electron chi connectivity index (χ2n) is 11.5. The summed E-state index contributed by atoms with van der Waals surface area (Å²) in [4.78, 5) is 26.7. The van der Waals surface area contributed by atoms with Gasteiger partial charge in [0, 0.05) is 79.1 Å². The Morgan fingerprint density at radius 2 is 2.04 bits per heavy atom. The van der Waals surface area contributed by atoms with Crippen molar-refractivity contribution >= 4 is 39.8 Å². The summed E-state index contributed by atoms with van der Waals surface area (Å²) in [7, 11) is 5.63. The van der Waals surface area contributed by atoms with Crippen molar-refractivity contribution in [2.24, 2.45) is 18.8 Å². The lowest BCUT2D eigenvalue weighted by Gasteiger charge is -2.27. The first-order chi connectivity index (χ1) is 23.8. The maximum atomic E-state index is 12.8. The molecule has 12 nitrogen and oxygen atoms in total. The van der Waals surface area contributed by atoms with Gasteiger partial charge in [0.25, 0.3) is 5.89 Å². The lowest BCUT2D eigenvalue weighted by Crippen LogP contribution is -2.31. The van der Waals surface area contributed by atoms with Crippen molar-refractivity contribution in [3.05, 3.63) is 67.3 Å². The second kappa shape index (κ2) is 11.0. The van der Waals surface area contributed by atoms with Crippen LogP contribution in [0.3, 0.4) is 0 Å². The summed E-state index contributed by atoms with van der Waals surface area (Å²) >= 11 is 0. The minimum atomic E-state index is -2.46. The van der Waals surface area contributed by atoms with Crippen LogP contribution in [0.15, 0.2) is 65.8 Å². The molecule has 0 radical (unpaired) electrons. The number of amides is 1. The Morgan fingerprint density at radius 1 is 1.22 bits per heavy atom. The van der Waals surface area contributed by atoms with Gasteiger partial charge in [0.05, 0.1) is 38.2 Å². The summed E-state index contributed by atoms with van der Waals surface area (Å²) in [6.07, 6.45) is 3.94. The van der Waals surface area contributed by atoms with E-state index in [0.717, 1.165) is 19.2 Å². The molecule has 1 saturated carbocycles. The Hall–Kier alpha value is -5.23. The summed E-state index contributed by atoms with van der Waals surface area (Å²) in [5.74, 6) is 1.49. The van der Waals surface area contributed by atoms with Gasteiger partial charge < -0.3 is 34.2 Å². The summed E-state index contributed by atoms with van der Waals surface area (Å²) < 4.78 is 52.2. The number of benzene rings is 2. The second-order valence-corrected chi connectivity index (χ2v) is 11.5. The van der Waals surface area contributed by atoms with E-state index in [0.29, 0.717) is 68.3 Å². The molecule has 1 saturated heterocycles. The van der Waals surface area contributed by atoms with Gasteiger partial charge >= 0.3 is 0 Å². The molecule has 12 heteroatoms. The molecule has 1 aliphatic heterocycles. The fraction of sp³-hybridized carbons (Fsp3) is 0.303. The number of ether oxygens (including phenoxy) is 1. The van der Waals surface area contributed by atoms with Gasteiger partial charge in [-0.1, -0.05) is 24.7 Å². The number of nitrogens with zero attached hydrogens (tertiary/aromatic N) is 7. The van der Waals surface area contributed by atoms with E-state index in [-0.39, 0.29) is 17.9 Å². The topological polar surface area (TPSA) is 126 Å². The predicted molar refractivity (Wildman–Crippen MR) is 174 cm³/mol. The van der Waals surface area contributed by atoms with Crippen molar-refractivity contribution < 1.29 is 20.8 Å². The molecule has 2 aromatic carbocycles. The lowest BCUT2D eigenvalue weighted by molar-refractivity contribution is -0.111. The summed E-state index contributed by atoms with van der Waals surface area (Å²) in [6, 6.07) is 10.9. The van der Waals surface area contributed by atoms with Crippen molar-refractivity contribution in [3.63, 3.8) is 0 Å². The molecule has 2 N–H and O–H groups in total. The highest BCUT2D eigenvalue weighted by molar-refractivity contribution is 6.02. The number of aryl methyl sites for hydroxylation is 2. The van der Waals surface area contributed by atoms with Crippen LogP contribution in [0.4, 0.5) is 23.0 Å². The van der Waals surface area contributed by atoms with Crippen LogP contribution in [0, 0.1) is 18.8 Å². The van der Waals surface area contributed by atoms with Gasteiger partial charge in [-0.3, -0.25) is 4.79 Å². The number of piperidine rings is 1. The predicted octanol–water partition coefficient (Wildman–Crippen LogP) is 4.87. The molecule has 4 heterocycles. The van der Waals surface area contributed by atoms with Gasteiger partial charge in [-0.05, 0) is 37.1 Å². The van der Waals surface area contributed by atoms with Crippen LogP contribution in [0.2, 0.25) is 0 Å². The van der Waals surface area contributed by atoms with Crippen LogP contribution in [-0.4, -0.2) is 75.9 Å². The molecule has 1 aliphatic carbocycles. The number of methoxy groups -OCH3 is 1. The zero-order valence-corrected chi connectivity index (χ0v) is 25.2. The Balaban J connectivity index is 1.32. The lowest BCUT2D eigenvalue weighted by atomic mass is 10.1. The number of para-hydroxylation sites is 1. The first-order valence-corrected chi connectivity index (χ1v) is 14.5. The minimum absolute atomic E-state index is 0.140. The first-order valence-electron chi connectivity index (χ1n) is 17.0. The first kappa shape index (κ1) is 23.2. The Bertz CT molecular complexity index is 2130. The number of carbonyl (C=O) groups excluding carboxylic acids is 1. The molecule has 0 bridgehead atoms. The molecule has 2 aliphatic rings. The SMILES string of the molecule is [2H]C([2H])=CC(=O)Nc1cc(Nc2ncc(-c3nnc(C)o3)c(-c3cn(C([2H])([2H])[2H])c4ccccc34)n2)c(OC)cc1N(C)C1C2CN(C)CC21. The molecule has 2 fully saturated rings. The monoisotopic (exact) mass is 610 g/mol. The minimum Gasteiger partial charge on any atom is -0.494 e. The fourth-order valence-electron chi connectivity index (χ4n) is 6.54. The van der Waals surface area contributed by atoms with E-state index in [1.165, 1.54) is 24.1 Å². The quantitative estimate of drug-likeness (QED) is 0.223. The number of rotatable bonds is 9. The number of aromatic nitrogens is 5. The maximum Gasteiger partial charge on any atom is 0.251 e. The standard InChI is InChI=1S/C33H35N9O3/c1-7-29(43)35-24-12-25(28(44-6)13-27(24)42(5)31-22-15-40(3)16-23(22)31)36-33-34-14-20(32-39-38-18(2)45-32)30(37-33)21-17-41(4)26-11-9-8-10-19(21)26/h7-14,17,22-23,31H,1,15-16H2,2-6H3,(H,35,43)(H,34,36,37)/i1D2,4D3. The number of nitrogens with one attached hydrogen (secondary N) is 2. The molecule has 0 spiro atoms. The molecule has 7 rings (SSSR count). The largest absolute Gasteiger partial charge is 0.494 e. The third kappa shape index (κ3) is 5.06. The Morgan fingerprint density at radius 3 is 2.78 bits per heavy atom. The maximum absolute atomic E-state index is 12.8. The molecule has 45 heavy (non-hydrogen) atoms. The van der Waals surface area contributed by atoms with E-state index in [2.05, 4.69) is 42.7 Å². The molecule has 2 unspecified atom stereocenters. The van der Waals surface area contributed by atoms with E-state index >= 15 is 0 Å². The van der Waals surface area contributed by atoms with Crippen molar-refractivity contribution in [1.29, 1.82) is 0 Å². The van der Waals surface area contributed by atoms with E-state index < -0.39 is 19.4 Å². The highest BCUT2D eigenvalue weighted by Crippen LogP contribution is 2.51. The number of likely N-dealkylation sites (tertiary alicyclic amines) is 1. The summed E-state index contributed by atoms with van der Waals surface area (Å²) in [6.45, 7) is 0.565. The molecule has 5 aromatic rings. The molecule has 230 valence electrons. The third-order valence-corrected chi connectivity index (χ3v) is 8.62. The number of carbonyl (C=O) groups is 1. The van der Waals surface area contributed by atoms with Crippen molar-refractivity contribution in [2.45, 2.75) is 13.0 Å². The van der Waals surface area contributed by atoms with Gasteiger partial charge in [-0.2, -0.15) is 0 Å². The zero-order chi connectivity index (χ0) is 35.5. The Labute approximate surface area is 267 Å². The van der Waals surface area contributed by atoms with Crippen molar-refractivity contribution in [2.75, 3.05) is 49.8 Å². The molecular formula is C33H35N9O3. The molecule has 1 amide bonds. The van der Waals surface area contributed by atoms with Crippen LogP contribution in [0.5, 0.6) is 5.75 Å². The van der Waals surface area contributed by atoms with E-state index in [1.54, 1.807) is 25.1 Å². The Kier molecular flexibility index (Phi) is 5.69. The van der Waals surface area contributed by atoms with Crippen LogP contribution in [0.1, 0.15) is 12.7 Å². The van der Waals surface area contributed by atoms with Crippen LogP contribution in [0.25, 0.3) is 33.6 Å². The third-order valence-electron chi connectivity index (χ3n) is 8.62. The van der Waals surface area contributed by atoms with Gasteiger partial charge in [-0.25, -0.2) is 9.97 Å². The smallest absolute Gasteiger partial charge is 0.251 e. The molecule has 3 aromatic heterocycles. The number of fused-ring (bicyclic) bond motifs is 2. The highest BCUT2D eigenvalue weighted by atomic mass is 16.5. The highest BCUT2D eigenvalue weighted by Gasteiger charge is 2.57. The summed E-state index contributed by atoms with van der Waals surface area (Å²) in [5, 5.41) is 14.8. The van der Waals surface area contributed by atoms with E-state index in [1.807, 2.05) is 25.2 Å². The average Bonchev–Trinajstić information content (AvgIpc) is 3.40. The fourth-order valence-corrected chi connectivity index (χ4v) is 6.54. The number of hydrogen-bond acceptors (Lipinski definition) is 10. The van der Waals surface area contributed by atoms with Gasteiger partial charge in [0.1, 0.15) is 5.75 Å². The molecular weight excluding hydrogens is 570 g/mol. The van der Waals surface area contributed by atoms with E-state index in [9.17, 15) is 4.79 Å².